The Morgan fingerprint density at radius 1 is 1.05 bits per heavy atom. The summed E-state index contributed by atoms with van der Waals surface area (Å²) in [6.45, 7) is 3.93. The van der Waals surface area contributed by atoms with E-state index < -0.39 is 23.9 Å². The van der Waals surface area contributed by atoms with Crippen LogP contribution in [0.2, 0.25) is 0 Å². The molecule has 0 atom stereocenters. The molecule has 0 bridgehead atoms. The number of halogens is 3. The maximum Gasteiger partial charge on any atom is 0.490 e. The number of rotatable bonds is 11. The normalized spacial score (nSPS) is 10.6. The summed E-state index contributed by atoms with van der Waals surface area (Å²) in [5.41, 5.74) is 6.59. The Kier molecular flexibility index (Phi) is 11.7. The molecule has 2 aromatic rings. The van der Waals surface area contributed by atoms with E-state index in [0.29, 0.717) is 22.4 Å². The Hall–Kier alpha value is -4.62. The number of benzene rings is 2. The zero-order chi connectivity index (χ0) is 29.0. The third kappa shape index (κ3) is 10.6. The highest BCUT2D eigenvalue weighted by Gasteiger charge is 2.38. The van der Waals surface area contributed by atoms with Crippen molar-refractivity contribution in [3.8, 4) is 11.5 Å². The molecule has 38 heavy (non-hydrogen) atoms. The number of carbonyl (C=O) groups excluding carboxylic acids is 2. The molecule has 0 heterocycles. The Morgan fingerprint density at radius 2 is 1.66 bits per heavy atom. The summed E-state index contributed by atoms with van der Waals surface area (Å²) in [7, 11) is 0. The Labute approximate surface area is 214 Å². The van der Waals surface area contributed by atoms with Crippen LogP contribution in [-0.4, -0.2) is 65.1 Å². The third-order valence-corrected chi connectivity index (χ3v) is 4.35. The second kappa shape index (κ2) is 14.2. The van der Waals surface area contributed by atoms with Crippen LogP contribution in [0.3, 0.4) is 0 Å². The number of aliphatic carboxylic acids is 2. The number of hydrogen-bond acceptors (Lipinski definition) is 7. The predicted molar refractivity (Wildman–Crippen MR) is 128 cm³/mol. The van der Waals surface area contributed by atoms with Gasteiger partial charge < -0.3 is 30.7 Å². The molecule has 0 aliphatic carbocycles. The zero-order valence-corrected chi connectivity index (χ0v) is 20.3. The molecule has 6 N–H and O–H groups in total. The molecule has 2 aromatic carbocycles. The van der Waals surface area contributed by atoms with Crippen LogP contribution >= 0.6 is 0 Å². The number of alkyl halides is 3. The number of ether oxygens (including phenoxy) is 2. The zero-order valence-electron chi connectivity index (χ0n) is 20.3. The predicted octanol–water partition coefficient (Wildman–Crippen LogP) is 2.40. The van der Waals surface area contributed by atoms with Crippen molar-refractivity contribution in [3.63, 3.8) is 0 Å². The number of amides is 1. The van der Waals surface area contributed by atoms with Crippen molar-refractivity contribution in [2.75, 3.05) is 13.2 Å². The number of ketones is 1. The van der Waals surface area contributed by atoms with E-state index >= 15 is 0 Å². The molecule has 0 aliphatic heterocycles. The van der Waals surface area contributed by atoms with Crippen molar-refractivity contribution in [1.29, 1.82) is 5.41 Å². The Balaban J connectivity index is 0.000000905. The van der Waals surface area contributed by atoms with E-state index in [9.17, 15) is 27.6 Å². The van der Waals surface area contributed by atoms with Gasteiger partial charge in [-0.15, -0.1) is 0 Å². The number of carboxylic acid groups (broad SMARTS) is 2. The molecule has 0 unspecified atom stereocenters. The molecule has 0 fully saturated rings. The van der Waals surface area contributed by atoms with Crippen LogP contribution in [0.15, 0.2) is 42.5 Å². The van der Waals surface area contributed by atoms with Crippen LogP contribution in [0.1, 0.15) is 35.3 Å². The summed E-state index contributed by atoms with van der Waals surface area (Å²) in [5, 5.41) is 26.2. The van der Waals surface area contributed by atoms with Crippen molar-refractivity contribution in [3.05, 3.63) is 59.2 Å². The van der Waals surface area contributed by atoms with Crippen LogP contribution in [-0.2, 0) is 20.8 Å². The van der Waals surface area contributed by atoms with Crippen molar-refractivity contribution < 1.29 is 52.0 Å². The number of carbonyl (C=O) groups is 4. The summed E-state index contributed by atoms with van der Waals surface area (Å²) in [5.74, 6) is -5.13. The molecule has 206 valence electrons. The maximum absolute atomic E-state index is 12.5. The Morgan fingerprint density at radius 3 is 2.18 bits per heavy atom. The average Bonchev–Trinajstić information content (AvgIpc) is 2.82. The van der Waals surface area contributed by atoms with E-state index in [1.807, 2.05) is 13.8 Å². The summed E-state index contributed by atoms with van der Waals surface area (Å²) < 4.78 is 43.0. The molecule has 11 nitrogen and oxygen atoms in total. The highest BCUT2D eigenvalue weighted by Crippen LogP contribution is 2.22. The van der Waals surface area contributed by atoms with Gasteiger partial charge in [-0.05, 0) is 32.0 Å². The first-order valence-corrected chi connectivity index (χ1v) is 10.8. The van der Waals surface area contributed by atoms with E-state index in [2.05, 4.69) is 5.32 Å². The fourth-order valence-electron chi connectivity index (χ4n) is 2.68. The summed E-state index contributed by atoms with van der Waals surface area (Å²) in [4.78, 5) is 43.8. The lowest BCUT2D eigenvalue weighted by Gasteiger charge is -2.15. The van der Waals surface area contributed by atoms with Crippen molar-refractivity contribution in [2.45, 2.75) is 32.5 Å². The molecule has 0 saturated heterocycles. The van der Waals surface area contributed by atoms with Crippen molar-refractivity contribution in [1.82, 2.24) is 5.32 Å². The molecular weight excluding hydrogens is 515 g/mol. The van der Waals surface area contributed by atoms with Gasteiger partial charge >= 0.3 is 18.1 Å². The molecule has 0 aliphatic rings. The lowest BCUT2D eigenvalue weighted by molar-refractivity contribution is -0.192. The lowest BCUT2D eigenvalue weighted by atomic mass is 10.0. The largest absolute Gasteiger partial charge is 0.491 e. The number of nitrogens with two attached hydrogens (primary N) is 1. The molecule has 0 aromatic heterocycles. The monoisotopic (exact) mass is 541 g/mol. The second-order valence-corrected chi connectivity index (χ2v) is 7.71. The maximum atomic E-state index is 12.5. The molecule has 0 saturated carbocycles. The number of para-hydroxylation sites is 1. The van der Waals surface area contributed by atoms with Gasteiger partial charge in [0.25, 0.3) is 5.91 Å². The smallest absolute Gasteiger partial charge is 0.490 e. The van der Waals surface area contributed by atoms with Crippen LogP contribution < -0.4 is 20.5 Å². The highest BCUT2D eigenvalue weighted by atomic mass is 19.4. The van der Waals surface area contributed by atoms with Gasteiger partial charge in [0.2, 0.25) is 5.78 Å². The van der Waals surface area contributed by atoms with Gasteiger partial charge in [-0.3, -0.25) is 15.0 Å². The van der Waals surface area contributed by atoms with E-state index in [4.69, 9.17) is 35.6 Å². The Bertz CT molecular complexity index is 1180. The lowest BCUT2D eigenvalue weighted by Crippen LogP contribution is -2.29. The van der Waals surface area contributed by atoms with Gasteiger partial charge in [-0.25, -0.2) is 9.59 Å². The van der Waals surface area contributed by atoms with Crippen molar-refractivity contribution >= 4 is 29.5 Å². The fraction of sp³-hybridized carbons (Fsp3) is 0.292. The SMILES string of the molecule is CC(C)Oc1ccccc1C(=O)NCCOc1cc(C(=N)N)ccc1CC(=O)C(=O)O.O=C(O)C(F)(F)F. The van der Waals surface area contributed by atoms with E-state index in [1.165, 1.54) is 18.2 Å². The molecule has 1 amide bonds. The van der Waals surface area contributed by atoms with Gasteiger partial charge in [0, 0.05) is 17.5 Å². The fourth-order valence-corrected chi connectivity index (χ4v) is 2.68. The van der Waals surface area contributed by atoms with E-state index in [1.54, 1.807) is 24.3 Å². The van der Waals surface area contributed by atoms with Gasteiger partial charge in [-0.1, -0.05) is 24.3 Å². The van der Waals surface area contributed by atoms with Crippen LogP contribution in [0.25, 0.3) is 0 Å². The van der Waals surface area contributed by atoms with Gasteiger partial charge in [-0.2, -0.15) is 13.2 Å². The minimum Gasteiger partial charge on any atom is -0.491 e. The summed E-state index contributed by atoms with van der Waals surface area (Å²) >= 11 is 0. The minimum atomic E-state index is -5.08. The molecule has 0 radical (unpaired) electrons. The number of hydrogen-bond donors (Lipinski definition) is 5. The first-order valence-electron chi connectivity index (χ1n) is 10.8. The van der Waals surface area contributed by atoms with Gasteiger partial charge in [0.05, 0.1) is 18.2 Å². The molecular formula is C24H26F3N3O8. The van der Waals surface area contributed by atoms with Gasteiger partial charge in [0.1, 0.15) is 23.9 Å². The number of nitrogens with one attached hydrogen (secondary N) is 2. The first-order chi connectivity index (χ1) is 17.6. The standard InChI is InChI=1S/C22H25N3O6.C2HF3O2/c1-13(2)31-18-6-4-3-5-16(18)21(27)25-9-10-30-19-12-15(20(23)24)8-7-14(19)11-17(26)22(28)29;3-2(4,5)1(6)7/h3-8,12-13H,9-11H2,1-2H3,(H3,23,24)(H,25,27)(H,28,29);(H,6,7). The number of nitrogen functional groups attached to an aromatic ring is 1. The van der Waals surface area contributed by atoms with Gasteiger partial charge in [0.15, 0.2) is 0 Å². The average molecular weight is 541 g/mol. The molecule has 0 spiro atoms. The van der Waals surface area contributed by atoms with Crippen LogP contribution in [0.5, 0.6) is 11.5 Å². The van der Waals surface area contributed by atoms with E-state index in [-0.39, 0.29) is 43.2 Å². The number of Topliss-reactive ketones (excluding diaryl/α,β-unsaturated/α-hetero) is 1. The quantitative estimate of drug-likeness (QED) is 0.123. The number of amidine groups is 1. The highest BCUT2D eigenvalue weighted by molar-refractivity contribution is 6.33. The molecule has 14 heteroatoms. The minimum absolute atomic E-state index is 0.0502. The summed E-state index contributed by atoms with van der Waals surface area (Å²) in [6.07, 6.45) is -5.53. The number of carboxylic acids is 2. The van der Waals surface area contributed by atoms with Crippen LogP contribution in [0, 0.1) is 5.41 Å². The van der Waals surface area contributed by atoms with E-state index in [0.717, 1.165) is 0 Å². The second-order valence-electron chi connectivity index (χ2n) is 7.71. The van der Waals surface area contributed by atoms with Crippen molar-refractivity contribution in [2.24, 2.45) is 5.73 Å². The third-order valence-electron chi connectivity index (χ3n) is 4.35. The first kappa shape index (κ1) is 31.4. The summed E-state index contributed by atoms with van der Waals surface area (Å²) in [6, 6.07) is 11.3. The molecule has 2 rings (SSSR count). The van der Waals surface area contributed by atoms with Crippen LogP contribution in [0.4, 0.5) is 13.2 Å². The topological polar surface area (TPSA) is 189 Å².